The number of para-hydroxylation sites is 2. The van der Waals surface area contributed by atoms with E-state index in [2.05, 4.69) is 35.2 Å². The van der Waals surface area contributed by atoms with Crippen LogP contribution in [0, 0.1) is 0 Å². The number of hydrogen-bond acceptors (Lipinski definition) is 8. The van der Waals surface area contributed by atoms with E-state index in [4.69, 9.17) is 14.5 Å². The third kappa shape index (κ3) is 4.28. The fourth-order valence-corrected chi connectivity index (χ4v) is 5.95. The average Bonchev–Trinajstić information content (AvgIpc) is 3.15. The van der Waals surface area contributed by atoms with Gasteiger partial charge in [-0.2, -0.15) is 0 Å². The van der Waals surface area contributed by atoms with Crippen molar-refractivity contribution in [1.29, 1.82) is 0 Å². The van der Waals surface area contributed by atoms with Gasteiger partial charge in [-0.05, 0) is 39.0 Å². The van der Waals surface area contributed by atoms with E-state index in [0.717, 1.165) is 43.1 Å². The molecule has 1 aliphatic heterocycles. The summed E-state index contributed by atoms with van der Waals surface area (Å²) in [5, 5.41) is 4.37. The number of carbonyl (C=O) groups excluding carboxylic acids is 1. The molecule has 1 amide bonds. The molecule has 0 bridgehead atoms. The molecule has 1 aromatic carbocycles. The van der Waals surface area contributed by atoms with Crippen LogP contribution in [0.15, 0.2) is 41.7 Å². The molecule has 7 nitrogen and oxygen atoms in total. The Morgan fingerprint density at radius 3 is 2.94 bits per heavy atom. The van der Waals surface area contributed by atoms with Gasteiger partial charge in [0.05, 0.1) is 46.2 Å². The van der Waals surface area contributed by atoms with Crippen LogP contribution in [0.1, 0.15) is 32.0 Å². The van der Waals surface area contributed by atoms with E-state index in [1.54, 1.807) is 24.8 Å². The van der Waals surface area contributed by atoms with E-state index in [1.165, 1.54) is 11.8 Å². The molecule has 9 heteroatoms. The molecule has 170 valence electrons. The van der Waals surface area contributed by atoms with Gasteiger partial charge in [-0.25, -0.2) is 15.0 Å². The molecule has 0 fully saturated rings. The smallest absolute Gasteiger partial charge is 0.237 e. The van der Waals surface area contributed by atoms with Crippen LogP contribution in [-0.4, -0.2) is 38.8 Å². The van der Waals surface area contributed by atoms with Crippen LogP contribution in [0.4, 0.5) is 5.69 Å². The first kappa shape index (κ1) is 22.1. The Morgan fingerprint density at radius 1 is 1.30 bits per heavy atom. The lowest BCUT2D eigenvalue weighted by atomic mass is 9.95. The molecule has 0 aliphatic carbocycles. The summed E-state index contributed by atoms with van der Waals surface area (Å²) in [6.07, 6.45) is 2.33. The van der Waals surface area contributed by atoms with Crippen LogP contribution < -0.4 is 10.1 Å². The third-order valence-electron chi connectivity index (χ3n) is 5.62. The number of benzene rings is 1. The van der Waals surface area contributed by atoms with Gasteiger partial charge in [-0.1, -0.05) is 23.9 Å². The fraction of sp³-hybridized carbons (Fsp3) is 0.333. The number of ether oxygens (including phenoxy) is 2. The van der Waals surface area contributed by atoms with E-state index in [0.29, 0.717) is 18.0 Å². The van der Waals surface area contributed by atoms with E-state index in [1.807, 2.05) is 31.2 Å². The van der Waals surface area contributed by atoms with Crippen molar-refractivity contribution in [2.45, 2.75) is 49.7 Å². The number of thiophene rings is 1. The summed E-state index contributed by atoms with van der Waals surface area (Å²) < 4.78 is 12.3. The van der Waals surface area contributed by atoms with Gasteiger partial charge in [0.15, 0.2) is 0 Å². The minimum Gasteiger partial charge on any atom is -0.495 e. The maximum atomic E-state index is 12.9. The monoisotopic (exact) mass is 480 g/mol. The number of anilines is 1. The highest BCUT2D eigenvalue weighted by Gasteiger charge is 2.28. The summed E-state index contributed by atoms with van der Waals surface area (Å²) in [4.78, 5) is 27.8. The minimum absolute atomic E-state index is 0.120. The van der Waals surface area contributed by atoms with E-state index in [-0.39, 0.29) is 16.8 Å². The number of methoxy groups -OCH3 is 1. The van der Waals surface area contributed by atoms with Gasteiger partial charge in [0.1, 0.15) is 21.9 Å². The van der Waals surface area contributed by atoms with Crippen LogP contribution >= 0.6 is 23.1 Å². The molecular weight excluding hydrogens is 456 g/mol. The lowest BCUT2D eigenvalue weighted by molar-refractivity contribution is -0.115. The largest absolute Gasteiger partial charge is 0.495 e. The number of amides is 1. The first-order valence-electron chi connectivity index (χ1n) is 10.6. The van der Waals surface area contributed by atoms with Gasteiger partial charge < -0.3 is 14.8 Å². The molecule has 4 aromatic rings. The summed E-state index contributed by atoms with van der Waals surface area (Å²) >= 11 is 2.99. The number of nitrogens with one attached hydrogen (secondary N) is 1. The first-order chi connectivity index (χ1) is 15.8. The number of fused-ring (bicyclic) bond motifs is 4. The predicted molar refractivity (Wildman–Crippen MR) is 132 cm³/mol. The molecule has 4 heterocycles. The van der Waals surface area contributed by atoms with Crippen molar-refractivity contribution in [3.63, 3.8) is 0 Å². The average molecular weight is 481 g/mol. The van der Waals surface area contributed by atoms with Crippen molar-refractivity contribution in [1.82, 2.24) is 15.0 Å². The molecule has 1 N–H and O–H groups in total. The topological polar surface area (TPSA) is 86.2 Å². The summed E-state index contributed by atoms with van der Waals surface area (Å²) in [6, 6.07) is 9.51. The van der Waals surface area contributed by atoms with E-state index < -0.39 is 0 Å². The second-order valence-electron chi connectivity index (χ2n) is 8.58. The summed E-state index contributed by atoms with van der Waals surface area (Å²) in [5.41, 5.74) is 3.49. The zero-order chi connectivity index (χ0) is 23.2. The number of thioether (sulfide) groups is 1. The quantitative estimate of drug-likeness (QED) is 0.310. The highest BCUT2D eigenvalue weighted by Crippen LogP contribution is 2.40. The molecule has 3 aromatic heterocycles. The van der Waals surface area contributed by atoms with Gasteiger partial charge in [-0.15, -0.1) is 11.3 Å². The second kappa shape index (κ2) is 8.55. The summed E-state index contributed by atoms with van der Waals surface area (Å²) in [5.74, 6) is 0.504. The number of pyridine rings is 1. The van der Waals surface area contributed by atoms with Gasteiger partial charge >= 0.3 is 0 Å². The molecule has 0 saturated heterocycles. The molecule has 1 atom stereocenters. The third-order valence-corrected chi connectivity index (χ3v) is 7.94. The molecule has 0 saturated carbocycles. The zero-order valence-electron chi connectivity index (χ0n) is 18.8. The highest BCUT2D eigenvalue weighted by atomic mass is 32.2. The number of rotatable bonds is 5. The van der Waals surface area contributed by atoms with Crippen LogP contribution in [0.2, 0.25) is 0 Å². The lowest BCUT2D eigenvalue weighted by Crippen LogP contribution is -2.32. The Labute approximate surface area is 199 Å². The second-order valence-corrected chi connectivity index (χ2v) is 10.9. The van der Waals surface area contributed by atoms with Gasteiger partial charge in [0.25, 0.3) is 0 Å². The van der Waals surface area contributed by atoms with Gasteiger partial charge in [-0.3, -0.25) is 4.79 Å². The van der Waals surface area contributed by atoms with Crippen LogP contribution in [0.3, 0.4) is 0 Å². The van der Waals surface area contributed by atoms with Crippen molar-refractivity contribution < 1.29 is 14.3 Å². The van der Waals surface area contributed by atoms with Crippen LogP contribution in [-0.2, 0) is 22.6 Å². The van der Waals surface area contributed by atoms with Gasteiger partial charge in [0.2, 0.25) is 5.91 Å². The normalized spacial score (nSPS) is 15.9. The Bertz CT molecular complexity index is 1370. The summed E-state index contributed by atoms with van der Waals surface area (Å²) in [6.45, 7) is 6.59. The maximum Gasteiger partial charge on any atom is 0.237 e. The van der Waals surface area contributed by atoms with Crippen molar-refractivity contribution in [3.05, 3.63) is 47.9 Å². The Hall–Kier alpha value is -2.75. The minimum atomic E-state index is -0.367. The van der Waals surface area contributed by atoms with Crippen LogP contribution in [0.25, 0.3) is 20.4 Å². The van der Waals surface area contributed by atoms with E-state index >= 15 is 0 Å². The Balaban J connectivity index is 1.44. The predicted octanol–water partition coefficient (Wildman–Crippen LogP) is 5.22. The summed E-state index contributed by atoms with van der Waals surface area (Å²) in [7, 11) is 1.58. The number of nitrogens with zero attached hydrogens (tertiary/aromatic N) is 3. The molecule has 0 radical (unpaired) electrons. The highest BCUT2D eigenvalue weighted by molar-refractivity contribution is 8.00. The Morgan fingerprint density at radius 2 is 2.12 bits per heavy atom. The molecular formula is C24H24N4O3S2. The van der Waals surface area contributed by atoms with Gasteiger partial charge in [0, 0.05) is 17.4 Å². The Kier molecular flexibility index (Phi) is 5.72. The molecule has 5 rings (SSSR count). The number of hydrogen-bond donors (Lipinski definition) is 1. The molecule has 0 spiro atoms. The maximum absolute atomic E-state index is 12.9. The SMILES string of the molecule is COc1ccccc1NC(=O)C(C)Sc1ncnc2c1sc1nc3c(cc12)COC(C)(C)C3. The van der Waals surface area contributed by atoms with Crippen molar-refractivity contribution in [2.24, 2.45) is 0 Å². The zero-order valence-corrected chi connectivity index (χ0v) is 20.5. The number of carbonyl (C=O) groups is 1. The van der Waals surface area contributed by atoms with E-state index in [9.17, 15) is 4.79 Å². The molecule has 1 aliphatic rings. The van der Waals surface area contributed by atoms with Crippen LogP contribution in [0.5, 0.6) is 5.75 Å². The number of aromatic nitrogens is 3. The van der Waals surface area contributed by atoms with Crippen molar-refractivity contribution >= 4 is 55.1 Å². The van der Waals surface area contributed by atoms with Crippen molar-refractivity contribution in [3.8, 4) is 5.75 Å². The molecule has 33 heavy (non-hydrogen) atoms. The standard InChI is InChI=1S/C24H24N4O3S2/c1-13(21(29)27-16-7-5-6-8-18(16)30-4)32-23-20-19(25-12-26-23)15-9-14-11-31-24(2,3)10-17(14)28-22(15)33-20/h5-9,12-13H,10-11H2,1-4H3,(H,27,29). The molecule has 1 unspecified atom stereocenters. The lowest BCUT2D eigenvalue weighted by Gasteiger charge is -2.30. The first-order valence-corrected chi connectivity index (χ1v) is 12.3. The van der Waals surface area contributed by atoms with Crippen molar-refractivity contribution in [2.75, 3.05) is 12.4 Å². The fourth-order valence-electron chi connectivity index (χ4n) is 3.85.